The van der Waals surface area contributed by atoms with Gasteiger partial charge in [-0.1, -0.05) is 17.4 Å². The zero-order chi connectivity index (χ0) is 18.3. The minimum atomic E-state index is -0.986. The number of halogens is 2. The molecule has 1 heterocycles. The highest BCUT2D eigenvalue weighted by molar-refractivity contribution is 7.22. The molecule has 5 nitrogen and oxygen atoms in total. The van der Waals surface area contributed by atoms with Crippen LogP contribution >= 0.6 is 11.3 Å². The van der Waals surface area contributed by atoms with E-state index in [1.165, 1.54) is 0 Å². The molecule has 1 saturated carbocycles. The van der Waals surface area contributed by atoms with Gasteiger partial charge in [-0.15, -0.1) is 0 Å². The second kappa shape index (κ2) is 6.45. The summed E-state index contributed by atoms with van der Waals surface area (Å²) in [5.41, 5.74) is 1.16. The van der Waals surface area contributed by atoms with Gasteiger partial charge in [0.15, 0.2) is 16.8 Å². The number of nitrogens with zero attached hydrogens (tertiary/aromatic N) is 1. The van der Waals surface area contributed by atoms with Gasteiger partial charge in [0.25, 0.3) is 5.91 Å². The Morgan fingerprint density at radius 1 is 1.08 bits per heavy atom. The maximum absolute atomic E-state index is 13.3. The molecule has 132 valence electrons. The fourth-order valence-corrected chi connectivity index (χ4v) is 3.34. The molecule has 0 unspecified atom stereocenters. The lowest BCUT2D eigenvalue weighted by molar-refractivity contribution is -0.117. The van der Waals surface area contributed by atoms with Crippen molar-refractivity contribution in [1.82, 2.24) is 4.98 Å². The minimum absolute atomic E-state index is 0.0437. The quantitative estimate of drug-likeness (QED) is 0.721. The van der Waals surface area contributed by atoms with Gasteiger partial charge in [-0.2, -0.15) is 0 Å². The van der Waals surface area contributed by atoms with Gasteiger partial charge in [0.05, 0.1) is 10.2 Å². The number of carbonyl (C=O) groups excluding carboxylic acids is 2. The molecule has 0 radical (unpaired) electrons. The van der Waals surface area contributed by atoms with Crippen LogP contribution in [0.1, 0.15) is 23.2 Å². The topological polar surface area (TPSA) is 71.1 Å². The number of aromatic nitrogens is 1. The van der Waals surface area contributed by atoms with Gasteiger partial charge in [0.1, 0.15) is 0 Å². The summed E-state index contributed by atoms with van der Waals surface area (Å²) in [5.74, 6) is -2.35. The van der Waals surface area contributed by atoms with E-state index in [9.17, 15) is 18.4 Å². The Morgan fingerprint density at radius 3 is 2.62 bits per heavy atom. The third kappa shape index (κ3) is 3.41. The summed E-state index contributed by atoms with van der Waals surface area (Å²) in [4.78, 5) is 28.3. The van der Waals surface area contributed by atoms with E-state index in [0.29, 0.717) is 16.0 Å². The van der Waals surface area contributed by atoms with E-state index in [0.717, 1.165) is 36.3 Å². The molecule has 0 bridgehead atoms. The van der Waals surface area contributed by atoms with Crippen molar-refractivity contribution < 1.29 is 18.4 Å². The summed E-state index contributed by atoms with van der Waals surface area (Å²) in [6.45, 7) is 0. The van der Waals surface area contributed by atoms with Gasteiger partial charge in [-0.25, -0.2) is 13.8 Å². The lowest BCUT2D eigenvalue weighted by Crippen LogP contribution is -2.15. The molecule has 8 heteroatoms. The second-order valence-corrected chi connectivity index (χ2v) is 7.08. The fourth-order valence-electron chi connectivity index (χ4n) is 2.47. The number of carbonyl (C=O) groups is 2. The molecule has 1 aromatic heterocycles. The van der Waals surface area contributed by atoms with E-state index in [4.69, 9.17) is 0 Å². The van der Waals surface area contributed by atoms with Crippen molar-refractivity contribution in [1.29, 1.82) is 0 Å². The summed E-state index contributed by atoms with van der Waals surface area (Å²) in [7, 11) is 0. The van der Waals surface area contributed by atoms with E-state index < -0.39 is 17.5 Å². The van der Waals surface area contributed by atoms with Crippen molar-refractivity contribution in [2.75, 3.05) is 10.6 Å². The monoisotopic (exact) mass is 373 g/mol. The molecule has 4 rings (SSSR count). The minimum Gasteiger partial charge on any atom is -0.326 e. The predicted octanol–water partition coefficient (Wildman–Crippen LogP) is 4.18. The van der Waals surface area contributed by atoms with Crippen molar-refractivity contribution in [3.63, 3.8) is 0 Å². The Labute approximate surface area is 151 Å². The molecule has 2 aromatic carbocycles. The smallest absolute Gasteiger partial charge is 0.257 e. The normalized spacial score (nSPS) is 13.6. The molecule has 1 fully saturated rings. The molecule has 3 aromatic rings. The molecule has 2 N–H and O–H groups in total. The molecule has 0 atom stereocenters. The van der Waals surface area contributed by atoms with Crippen LogP contribution in [0.15, 0.2) is 36.4 Å². The number of anilines is 2. The average Bonchev–Trinajstić information content (AvgIpc) is 3.39. The Bertz CT molecular complexity index is 991. The molecular formula is C18H13F2N3O2S. The van der Waals surface area contributed by atoms with Crippen LogP contribution in [0, 0.1) is 17.6 Å². The first-order valence-electron chi connectivity index (χ1n) is 7.97. The highest BCUT2D eigenvalue weighted by atomic mass is 32.1. The maximum Gasteiger partial charge on any atom is 0.257 e. The molecule has 0 spiro atoms. The Balaban J connectivity index is 1.51. The van der Waals surface area contributed by atoms with E-state index in [1.54, 1.807) is 24.3 Å². The Morgan fingerprint density at radius 2 is 1.85 bits per heavy atom. The van der Waals surface area contributed by atoms with Crippen molar-refractivity contribution >= 4 is 44.2 Å². The standard InChI is InChI=1S/C18H13F2N3O2S/c19-12-7-14-15(8-13(12)20)26-18(22-14)23-17(25)10-2-1-3-11(6-10)21-16(24)9-4-5-9/h1-3,6-9H,4-5H2,(H,21,24)(H,22,23,25). The highest BCUT2D eigenvalue weighted by Gasteiger charge is 2.29. The van der Waals surface area contributed by atoms with E-state index in [-0.39, 0.29) is 22.5 Å². The number of benzene rings is 2. The van der Waals surface area contributed by atoms with Crippen molar-refractivity contribution in [3.05, 3.63) is 53.6 Å². The first-order valence-corrected chi connectivity index (χ1v) is 8.79. The number of nitrogens with one attached hydrogen (secondary N) is 2. The Hall–Kier alpha value is -2.87. The zero-order valence-electron chi connectivity index (χ0n) is 13.4. The summed E-state index contributed by atoms with van der Waals surface area (Å²) >= 11 is 1.05. The van der Waals surface area contributed by atoms with Crippen LogP contribution in [0.25, 0.3) is 10.2 Å². The van der Waals surface area contributed by atoms with Crippen LogP contribution in [0.5, 0.6) is 0 Å². The number of hydrogen-bond donors (Lipinski definition) is 2. The molecule has 0 saturated heterocycles. The Kier molecular flexibility index (Phi) is 4.12. The SMILES string of the molecule is O=C(Nc1nc2cc(F)c(F)cc2s1)c1cccc(NC(=O)C2CC2)c1. The summed E-state index contributed by atoms with van der Waals surface area (Å²) in [5, 5.41) is 5.63. The number of rotatable bonds is 4. The number of thiazole rings is 1. The van der Waals surface area contributed by atoms with Crippen LogP contribution in [0.4, 0.5) is 19.6 Å². The van der Waals surface area contributed by atoms with Crippen molar-refractivity contribution in [2.45, 2.75) is 12.8 Å². The van der Waals surface area contributed by atoms with Gasteiger partial charge in [0, 0.05) is 23.2 Å². The largest absolute Gasteiger partial charge is 0.326 e. The molecule has 1 aliphatic rings. The molecular weight excluding hydrogens is 360 g/mol. The third-order valence-electron chi connectivity index (χ3n) is 3.99. The van der Waals surface area contributed by atoms with Gasteiger partial charge >= 0.3 is 0 Å². The van der Waals surface area contributed by atoms with Gasteiger partial charge in [-0.3, -0.25) is 14.9 Å². The summed E-state index contributed by atoms with van der Waals surface area (Å²) < 4.78 is 27.0. The van der Waals surface area contributed by atoms with Crippen molar-refractivity contribution in [3.8, 4) is 0 Å². The van der Waals surface area contributed by atoms with E-state index >= 15 is 0 Å². The maximum atomic E-state index is 13.3. The molecule has 2 amide bonds. The molecule has 26 heavy (non-hydrogen) atoms. The van der Waals surface area contributed by atoms with Crippen LogP contribution in [0.2, 0.25) is 0 Å². The van der Waals surface area contributed by atoms with Crippen LogP contribution in [-0.2, 0) is 4.79 Å². The zero-order valence-corrected chi connectivity index (χ0v) is 14.2. The third-order valence-corrected chi connectivity index (χ3v) is 4.92. The first-order chi connectivity index (χ1) is 12.5. The average molecular weight is 373 g/mol. The van der Waals surface area contributed by atoms with Gasteiger partial charge < -0.3 is 5.32 Å². The summed E-state index contributed by atoms with van der Waals surface area (Å²) in [6, 6.07) is 8.59. The second-order valence-electron chi connectivity index (χ2n) is 6.05. The van der Waals surface area contributed by atoms with E-state index in [2.05, 4.69) is 15.6 Å². The summed E-state index contributed by atoms with van der Waals surface area (Å²) in [6.07, 6.45) is 1.79. The lowest BCUT2D eigenvalue weighted by atomic mass is 10.2. The van der Waals surface area contributed by atoms with Crippen LogP contribution in [-0.4, -0.2) is 16.8 Å². The predicted molar refractivity (Wildman–Crippen MR) is 95.3 cm³/mol. The van der Waals surface area contributed by atoms with E-state index in [1.807, 2.05) is 0 Å². The van der Waals surface area contributed by atoms with Gasteiger partial charge in [0.2, 0.25) is 5.91 Å². The fraction of sp³-hybridized carbons (Fsp3) is 0.167. The number of hydrogen-bond acceptors (Lipinski definition) is 4. The lowest BCUT2D eigenvalue weighted by Gasteiger charge is -2.06. The molecule has 0 aliphatic heterocycles. The van der Waals surface area contributed by atoms with Crippen LogP contribution < -0.4 is 10.6 Å². The van der Waals surface area contributed by atoms with Crippen molar-refractivity contribution in [2.24, 2.45) is 5.92 Å². The van der Waals surface area contributed by atoms with Crippen LogP contribution in [0.3, 0.4) is 0 Å². The number of amides is 2. The molecule has 1 aliphatic carbocycles. The van der Waals surface area contributed by atoms with Gasteiger partial charge in [-0.05, 0) is 37.1 Å². The number of fused-ring (bicyclic) bond motifs is 1. The first kappa shape index (κ1) is 16.6. The highest BCUT2D eigenvalue weighted by Crippen LogP contribution is 2.30.